The Morgan fingerprint density at radius 1 is 1.14 bits per heavy atom. The molecule has 0 radical (unpaired) electrons. The van der Waals surface area contributed by atoms with Gasteiger partial charge < -0.3 is 10.6 Å². The van der Waals surface area contributed by atoms with Gasteiger partial charge in [0.2, 0.25) is 5.91 Å². The molecule has 1 amide bonds. The second-order valence-electron chi connectivity index (χ2n) is 4.49. The van der Waals surface area contributed by atoms with Crippen LogP contribution in [-0.4, -0.2) is 12.5 Å². The van der Waals surface area contributed by atoms with Gasteiger partial charge in [-0.3, -0.25) is 4.79 Å². The summed E-state index contributed by atoms with van der Waals surface area (Å²) in [4.78, 5) is 11.8. The van der Waals surface area contributed by atoms with Crippen molar-refractivity contribution in [3.8, 4) is 0 Å². The minimum absolute atomic E-state index is 0.0642. The van der Waals surface area contributed by atoms with Crippen LogP contribution in [0.4, 0.5) is 20.2 Å². The van der Waals surface area contributed by atoms with Crippen LogP contribution in [0.3, 0.4) is 0 Å². The van der Waals surface area contributed by atoms with E-state index in [9.17, 15) is 13.6 Å². The van der Waals surface area contributed by atoms with Crippen molar-refractivity contribution >= 4 is 28.9 Å². The second kappa shape index (κ2) is 6.54. The van der Waals surface area contributed by atoms with E-state index in [0.717, 1.165) is 17.7 Å². The zero-order valence-corrected chi connectivity index (χ0v) is 12.0. The number of benzene rings is 2. The zero-order valence-electron chi connectivity index (χ0n) is 11.2. The molecule has 0 heterocycles. The van der Waals surface area contributed by atoms with E-state index in [-0.39, 0.29) is 18.1 Å². The lowest BCUT2D eigenvalue weighted by Crippen LogP contribution is -2.22. The van der Waals surface area contributed by atoms with Crippen LogP contribution in [0.15, 0.2) is 36.4 Å². The van der Waals surface area contributed by atoms with Crippen molar-refractivity contribution in [1.82, 2.24) is 0 Å². The Kier molecular flexibility index (Phi) is 4.75. The van der Waals surface area contributed by atoms with E-state index in [4.69, 9.17) is 11.6 Å². The van der Waals surface area contributed by atoms with E-state index in [0.29, 0.717) is 10.7 Å². The topological polar surface area (TPSA) is 41.1 Å². The summed E-state index contributed by atoms with van der Waals surface area (Å²) >= 11 is 5.86. The highest BCUT2D eigenvalue weighted by Crippen LogP contribution is 2.20. The fourth-order valence-corrected chi connectivity index (χ4v) is 1.90. The molecule has 0 aliphatic rings. The van der Waals surface area contributed by atoms with Crippen LogP contribution in [0.1, 0.15) is 5.56 Å². The molecule has 0 aliphatic carbocycles. The molecule has 2 aromatic carbocycles. The molecule has 6 heteroatoms. The normalized spacial score (nSPS) is 10.3. The standard InChI is InChI=1S/C15H13ClF2N2O/c1-9-2-3-10(16)6-14(9)20-15(21)8-19-13-5-4-11(17)7-12(13)18/h2-7,19H,8H2,1H3,(H,20,21). The largest absolute Gasteiger partial charge is 0.374 e. The first kappa shape index (κ1) is 15.3. The van der Waals surface area contributed by atoms with Gasteiger partial charge in [0, 0.05) is 16.8 Å². The highest BCUT2D eigenvalue weighted by Gasteiger charge is 2.08. The number of carbonyl (C=O) groups excluding carboxylic acids is 1. The van der Waals surface area contributed by atoms with E-state index in [1.165, 1.54) is 6.07 Å². The average Bonchev–Trinajstić information content (AvgIpc) is 2.42. The summed E-state index contributed by atoms with van der Waals surface area (Å²) in [5, 5.41) is 5.79. The lowest BCUT2D eigenvalue weighted by molar-refractivity contribution is -0.114. The van der Waals surface area contributed by atoms with Crippen molar-refractivity contribution in [2.75, 3.05) is 17.2 Å². The first-order valence-electron chi connectivity index (χ1n) is 6.20. The molecule has 0 saturated carbocycles. The van der Waals surface area contributed by atoms with Crippen molar-refractivity contribution in [2.24, 2.45) is 0 Å². The maximum absolute atomic E-state index is 13.4. The van der Waals surface area contributed by atoms with E-state index < -0.39 is 11.6 Å². The van der Waals surface area contributed by atoms with Crippen LogP contribution in [0, 0.1) is 18.6 Å². The van der Waals surface area contributed by atoms with E-state index >= 15 is 0 Å². The predicted octanol–water partition coefficient (Wildman–Crippen LogP) is 3.98. The number of nitrogens with one attached hydrogen (secondary N) is 2. The number of aryl methyl sites for hydroxylation is 1. The smallest absolute Gasteiger partial charge is 0.243 e. The number of carbonyl (C=O) groups is 1. The van der Waals surface area contributed by atoms with Crippen LogP contribution in [-0.2, 0) is 4.79 Å². The Morgan fingerprint density at radius 2 is 1.90 bits per heavy atom. The molecule has 0 atom stereocenters. The summed E-state index contributed by atoms with van der Waals surface area (Å²) in [6.45, 7) is 1.69. The lowest BCUT2D eigenvalue weighted by atomic mass is 10.2. The minimum Gasteiger partial charge on any atom is -0.374 e. The van der Waals surface area contributed by atoms with Gasteiger partial charge in [-0.2, -0.15) is 0 Å². The predicted molar refractivity (Wildman–Crippen MR) is 79.7 cm³/mol. The van der Waals surface area contributed by atoms with Gasteiger partial charge in [-0.05, 0) is 36.8 Å². The van der Waals surface area contributed by atoms with E-state index in [1.807, 2.05) is 6.92 Å². The molecule has 2 aromatic rings. The first-order valence-corrected chi connectivity index (χ1v) is 6.58. The van der Waals surface area contributed by atoms with Crippen LogP contribution >= 0.6 is 11.6 Å². The van der Waals surface area contributed by atoms with Gasteiger partial charge in [-0.15, -0.1) is 0 Å². The molecule has 0 spiro atoms. The average molecular weight is 311 g/mol. The number of halogens is 3. The molecule has 0 bridgehead atoms. The number of anilines is 2. The second-order valence-corrected chi connectivity index (χ2v) is 4.92. The van der Waals surface area contributed by atoms with Crippen molar-refractivity contribution in [1.29, 1.82) is 0 Å². The Hall–Kier alpha value is -2.14. The Morgan fingerprint density at radius 3 is 2.62 bits per heavy atom. The minimum atomic E-state index is -0.748. The molecule has 2 rings (SSSR count). The summed E-state index contributed by atoms with van der Waals surface area (Å²) < 4.78 is 26.1. The van der Waals surface area contributed by atoms with E-state index in [1.54, 1.807) is 18.2 Å². The molecule has 0 saturated heterocycles. The first-order chi connectivity index (χ1) is 9.95. The zero-order chi connectivity index (χ0) is 15.4. The van der Waals surface area contributed by atoms with Gasteiger partial charge in [-0.25, -0.2) is 8.78 Å². The molecule has 0 aliphatic heterocycles. The number of rotatable bonds is 4. The monoisotopic (exact) mass is 310 g/mol. The Balaban J connectivity index is 1.97. The lowest BCUT2D eigenvalue weighted by Gasteiger charge is -2.10. The van der Waals surface area contributed by atoms with Crippen molar-refractivity contribution in [3.63, 3.8) is 0 Å². The fourth-order valence-electron chi connectivity index (χ4n) is 1.73. The van der Waals surface area contributed by atoms with Gasteiger partial charge in [0.25, 0.3) is 0 Å². The number of hydrogen-bond donors (Lipinski definition) is 2. The molecule has 21 heavy (non-hydrogen) atoms. The highest BCUT2D eigenvalue weighted by atomic mass is 35.5. The van der Waals surface area contributed by atoms with Gasteiger partial charge in [0.1, 0.15) is 11.6 Å². The van der Waals surface area contributed by atoms with Crippen molar-refractivity contribution in [2.45, 2.75) is 6.92 Å². The third kappa shape index (κ3) is 4.16. The maximum atomic E-state index is 13.4. The van der Waals surface area contributed by atoms with Gasteiger partial charge in [0.05, 0.1) is 12.2 Å². The van der Waals surface area contributed by atoms with Crippen LogP contribution in [0.5, 0.6) is 0 Å². The van der Waals surface area contributed by atoms with Crippen molar-refractivity contribution in [3.05, 3.63) is 58.6 Å². The summed E-state index contributed by atoms with van der Waals surface area (Å²) in [7, 11) is 0. The number of hydrogen-bond acceptors (Lipinski definition) is 2. The van der Waals surface area contributed by atoms with Crippen molar-refractivity contribution < 1.29 is 13.6 Å². The molecule has 110 valence electrons. The summed E-state index contributed by atoms with van der Waals surface area (Å²) in [6, 6.07) is 8.24. The van der Waals surface area contributed by atoms with E-state index in [2.05, 4.69) is 10.6 Å². The molecule has 3 nitrogen and oxygen atoms in total. The molecule has 0 fully saturated rings. The van der Waals surface area contributed by atoms with Crippen LogP contribution in [0.2, 0.25) is 5.02 Å². The fraction of sp³-hybridized carbons (Fsp3) is 0.133. The third-order valence-electron chi connectivity index (χ3n) is 2.84. The summed E-state index contributed by atoms with van der Waals surface area (Å²) in [5.41, 5.74) is 1.52. The molecule has 0 unspecified atom stereocenters. The maximum Gasteiger partial charge on any atom is 0.243 e. The molecular weight excluding hydrogens is 298 g/mol. The summed E-state index contributed by atoms with van der Waals surface area (Å²) in [5.74, 6) is -1.78. The van der Waals surface area contributed by atoms with Gasteiger partial charge in [-0.1, -0.05) is 17.7 Å². The summed E-state index contributed by atoms with van der Waals surface area (Å²) in [6.07, 6.45) is 0. The van der Waals surface area contributed by atoms with Crippen LogP contribution in [0.25, 0.3) is 0 Å². The van der Waals surface area contributed by atoms with Gasteiger partial charge in [0.15, 0.2) is 0 Å². The SMILES string of the molecule is Cc1ccc(Cl)cc1NC(=O)CNc1ccc(F)cc1F. The third-order valence-corrected chi connectivity index (χ3v) is 3.08. The molecule has 2 N–H and O–H groups in total. The number of amides is 1. The van der Waals surface area contributed by atoms with Gasteiger partial charge >= 0.3 is 0 Å². The highest BCUT2D eigenvalue weighted by molar-refractivity contribution is 6.31. The molecule has 0 aromatic heterocycles. The Bertz CT molecular complexity index is 677. The van der Waals surface area contributed by atoms with Crippen LogP contribution < -0.4 is 10.6 Å². The molecular formula is C15H13ClF2N2O. The quantitative estimate of drug-likeness (QED) is 0.897. The Labute approximate surface area is 125 Å².